The summed E-state index contributed by atoms with van der Waals surface area (Å²) in [5.74, 6) is 0.887. The first-order chi connectivity index (χ1) is 15.6. The molecule has 0 N–H and O–H groups in total. The van der Waals surface area contributed by atoms with Gasteiger partial charge >= 0.3 is 0 Å². The van der Waals surface area contributed by atoms with Gasteiger partial charge in [-0.25, -0.2) is 0 Å². The molecule has 162 valence electrons. The Balaban J connectivity index is 1.61. The zero-order valence-corrected chi connectivity index (χ0v) is 18.6. The smallest absolute Gasteiger partial charge is 0.254 e. The number of aryl methyl sites for hydroxylation is 1. The van der Waals surface area contributed by atoms with Crippen molar-refractivity contribution in [1.29, 1.82) is 0 Å². The summed E-state index contributed by atoms with van der Waals surface area (Å²) in [4.78, 5) is 15.5. The van der Waals surface area contributed by atoms with Crippen LogP contribution in [0.4, 0.5) is 0 Å². The van der Waals surface area contributed by atoms with Crippen LogP contribution in [0.25, 0.3) is 0 Å². The molecule has 0 aliphatic carbocycles. The Morgan fingerprint density at radius 1 is 0.844 bits per heavy atom. The number of rotatable bonds is 8. The third-order valence-electron chi connectivity index (χ3n) is 5.64. The minimum atomic E-state index is 0.0427. The fourth-order valence-electron chi connectivity index (χ4n) is 3.90. The van der Waals surface area contributed by atoms with E-state index >= 15 is 0 Å². The normalized spacial score (nSPS) is 10.7. The molecule has 1 aromatic heterocycles. The number of carbonyl (C=O) groups is 1. The van der Waals surface area contributed by atoms with E-state index < -0.39 is 0 Å². The summed E-state index contributed by atoms with van der Waals surface area (Å²) < 4.78 is 7.56. The van der Waals surface area contributed by atoms with E-state index in [4.69, 9.17) is 4.74 Å². The van der Waals surface area contributed by atoms with E-state index in [0.717, 1.165) is 40.2 Å². The van der Waals surface area contributed by atoms with Crippen molar-refractivity contribution in [2.75, 3.05) is 7.11 Å². The van der Waals surface area contributed by atoms with Gasteiger partial charge in [0, 0.05) is 30.5 Å². The van der Waals surface area contributed by atoms with Gasteiger partial charge in [-0.3, -0.25) is 4.79 Å². The van der Waals surface area contributed by atoms with Crippen LogP contribution in [0.3, 0.4) is 0 Å². The van der Waals surface area contributed by atoms with Crippen molar-refractivity contribution in [2.45, 2.75) is 26.6 Å². The second-order valence-electron chi connectivity index (χ2n) is 7.94. The fraction of sp³-hybridized carbons (Fsp3) is 0.179. The van der Waals surface area contributed by atoms with E-state index in [1.165, 1.54) is 0 Å². The quantitative estimate of drug-likeness (QED) is 0.364. The minimum Gasteiger partial charge on any atom is -0.497 e. The molecule has 0 aliphatic rings. The Labute approximate surface area is 189 Å². The zero-order valence-electron chi connectivity index (χ0n) is 18.6. The van der Waals surface area contributed by atoms with E-state index in [-0.39, 0.29) is 5.91 Å². The molecule has 0 bridgehead atoms. The predicted molar refractivity (Wildman–Crippen MR) is 128 cm³/mol. The molecule has 3 aromatic carbocycles. The lowest BCUT2D eigenvalue weighted by atomic mass is 10.1. The lowest BCUT2D eigenvalue weighted by Crippen LogP contribution is -2.31. The average molecular weight is 425 g/mol. The monoisotopic (exact) mass is 424 g/mol. The predicted octanol–water partition coefficient (Wildman–Crippen LogP) is 5.70. The van der Waals surface area contributed by atoms with E-state index in [9.17, 15) is 4.79 Å². The standard InChI is InChI=1S/C28H28N2O2/c1-22-10-6-7-16-27(22)28(31)30(19-23-11-4-3-5-12-23)21-25-14-9-17-29(25)20-24-13-8-15-26(18-24)32-2/h3-18H,19-21H2,1-2H3. The molecule has 32 heavy (non-hydrogen) atoms. The molecule has 0 spiro atoms. The Bertz CT molecular complexity index is 1180. The first-order valence-corrected chi connectivity index (χ1v) is 10.8. The lowest BCUT2D eigenvalue weighted by Gasteiger charge is -2.25. The highest BCUT2D eigenvalue weighted by molar-refractivity contribution is 5.95. The number of amides is 1. The molecule has 0 unspecified atom stereocenters. The molecule has 4 heteroatoms. The van der Waals surface area contributed by atoms with Crippen LogP contribution in [-0.2, 0) is 19.6 Å². The van der Waals surface area contributed by atoms with Gasteiger partial charge < -0.3 is 14.2 Å². The molecule has 0 fully saturated rings. The van der Waals surface area contributed by atoms with Gasteiger partial charge in [0.15, 0.2) is 0 Å². The topological polar surface area (TPSA) is 34.5 Å². The maximum atomic E-state index is 13.5. The van der Waals surface area contributed by atoms with Gasteiger partial charge in [0.05, 0.1) is 13.7 Å². The van der Waals surface area contributed by atoms with E-state index in [1.807, 2.05) is 78.6 Å². The lowest BCUT2D eigenvalue weighted by molar-refractivity contribution is 0.0725. The number of ether oxygens (including phenoxy) is 1. The van der Waals surface area contributed by atoms with Crippen LogP contribution in [0.5, 0.6) is 5.75 Å². The second-order valence-corrected chi connectivity index (χ2v) is 7.94. The van der Waals surface area contributed by atoms with Gasteiger partial charge in [-0.2, -0.15) is 0 Å². The number of carbonyl (C=O) groups excluding carboxylic acids is 1. The molecule has 0 saturated heterocycles. The Hall–Kier alpha value is -3.79. The summed E-state index contributed by atoms with van der Waals surface area (Å²) in [7, 11) is 1.68. The van der Waals surface area contributed by atoms with E-state index in [2.05, 4.69) is 35.0 Å². The highest BCUT2D eigenvalue weighted by Crippen LogP contribution is 2.19. The van der Waals surface area contributed by atoms with Crippen molar-refractivity contribution in [2.24, 2.45) is 0 Å². The van der Waals surface area contributed by atoms with Crippen molar-refractivity contribution in [3.8, 4) is 5.75 Å². The van der Waals surface area contributed by atoms with Gasteiger partial charge in [0.1, 0.15) is 5.75 Å². The van der Waals surface area contributed by atoms with Crippen LogP contribution < -0.4 is 4.74 Å². The summed E-state index contributed by atoms with van der Waals surface area (Å²) in [6.45, 7) is 3.79. The van der Waals surface area contributed by atoms with Gasteiger partial charge in [-0.15, -0.1) is 0 Å². The summed E-state index contributed by atoms with van der Waals surface area (Å²) in [5.41, 5.74) is 5.09. The van der Waals surface area contributed by atoms with Crippen LogP contribution in [0.1, 0.15) is 32.7 Å². The Morgan fingerprint density at radius 3 is 2.38 bits per heavy atom. The van der Waals surface area contributed by atoms with Crippen LogP contribution >= 0.6 is 0 Å². The molecular weight excluding hydrogens is 396 g/mol. The van der Waals surface area contributed by atoms with Gasteiger partial charge in [-0.05, 0) is 53.9 Å². The maximum absolute atomic E-state index is 13.5. The van der Waals surface area contributed by atoms with E-state index in [0.29, 0.717) is 13.1 Å². The molecule has 4 nitrogen and oxygen atoms in total. The molecule has 1 heterocycles. The largest absolute Gasteiger partial charge is 0.497 e. The first kappa shape index (κ1) is 21.4. The molecule has 0 aliphatic heterocycles. The number of benzene rings is 3. The Morgan fingerprint density at radius 2 is 1.59 bits per heavy atom. The maximum Gasteiger partial charge on any atom is 0.254 e. The highest BCUT2D eigenvalue weighted by atomic mass is 16.5. The Kier molecular flexibility index (Phi) is 6.71. The molecule has 0 radical (unpaired) electrons. The second kappa shape index (κ2) is 10.0. The third kappa shape index (κ3) is 5.09. The first-order valence-electron chi connectivity index (χ1n) is 10.8. The molecular formula is C28H28N2O2. The molecule has 4 aromatic rings. The van der Waals surface area contributed by atoms with Gasteiger partial charge in [0.25, 0.3) is 5.91 Å². The van der Waals surface area contributed by atoms with Crippen LogP contribution in [0.15, 0.2) is 97.2 Å². The van der Waals surface area contributed by atoms with Crippen LogP contribution in [0.2, 0.25) is 0 Å². The molecule has 4 rings (SSSR count). The number of hydrogen-bond acceptors (Lipinski definition) is 2. The van der Waals surface area contributed by atoms with Crippen molar-refractivity contribution >= 4 is 5.91 Å². The van der Waals surface area contributed by atoms with Crippen molar-refractivity contribution in [3.05, 3.63) is 125 Å². The van der Waals surface area contributed by atoms with Crippen molar-refractivity contribution in [1.82, 2.24) is 9.47 Å². The summed E-state index contributed by atoms with van der Waals surface area (Å²) in [6.07, 6.45) is 2.06. The number of nitrogens with zero attached hydrogens (tertiary/aromatic N) is 2. The number of hydrogen-bond donors (Lipinski definition) is 0. The molecule has 0 saturated carbocycles. The highest BCUT2D eigenvalue weighted by Gasteiger charge is 2.19. The van der Waals surface area contributed by atoms with E-state index in [1.54, 1.807) is 7.11 Å². The van der Waals surface area contributed by atoms with Gasteiger partial charge in [-0.1, -0.05) is 60.7 Å². The average Bonchev–Trinajstić information content (AvgIpc) is 3.25. The summed E-state index contributed by atoms with van der Waals surface area (Å²) in [5, 5.41) is 0. The van der Waals surface area contributed by atoms with Crippen molar-refractivity contribution in [3.63, 3.8) is 0 Å². The summed E-state index contributed by atoms with van der Waals surface area (Å²) in [6, 6.07) is 30.1. The van der Waals surface area contributed by atoms with Crippen LogP contribution in [-0.4, -0.2) is 22.5 Å². The fourth-order valence-corrected chi connectivity index (χ4v) is 3.90. The van der Waals surface area contributed by atoms with Crippen molar-refractivity contribution < 1.29 is 9.53 Å². The van der Waals surface area contributed by atoms with Gasteiger partial charge in [0.2, 0.25) is 0 Å². The van der Waals surface area contributed by atoms with Crippen LogP contribution in [0, 0.1) is 6.92 Å². The summed E-state index contributed by atoms with van der Waals surface area (Å²) >= 11 is 0. The molecule has 1 amide bonds. The molecule has 0 atom stereocenters. The zero-order chi connectivity index (χ0) is 22.3. The number of aromatic nitrogens is 1. The third-order valence-corrected chi connectivity index (χ3v) is 5.64. The number of methoxy groups -OCH3 is 1. The SMILES string of the molecule is COc1cccc(Cn2cccc2CN(Cc2ccccc2)C(=O)c2ccccc2C)c1. The minimum absolute atomic E-state index is 0.0427.